The molecule has 0 aliphatic heterocycles. The van der Waals surface area contributed by atoms with Gasteiger partial charge in [0.1, 0.15) is 5.75 Å². The van der Waals surface area contributed by atoms with Gasteiger partial charge in [0, 0.05) is 12.1 Å². The number of aliphatic hydroxyl groups is 1. The lowest BCUT2D eigenvalue weighted by Gasteiger charge is -2.20. The molecule has 0 aromatic heterocycles. The maximum atomic E-state index is 12.1. The molecule has 0 aliphatic carbocycles. The normalized spacial score (nSPS) is 12.2. The molecule has 118 valence electrons. The maximum Gasteiger partial charge on any atom is 0.251 e. The van der Waals surface area contributed by atoms with Gasteiger partial charge in [0.05, 0.1) is 18.4 Å². The molecule has 4 N–H and O–H groups in total. The predicted octanol–water partition coefficient (Wildman–Crippen LogP) is 2.19. The summed E-state index contributed by atoms with van der Waals surface area (Å²) in [6.45, 7) is 6.72. The van der Waals surface area contributed by atoms with E-state index >= 15 is 0 Å². The lowest BCUT2D eigenvalue weighted by atomic mass is 9.96. The van der Waals surface area contributed by atoms with E-state index in [1.807, 2.05) is 20.8 Å². The standard InChI is InChI=1S/C16H26N2O3/c1-4-11(5-2)14(19)10-18-16(20)12-7-8-15(21-6-3)13(17)9-12/h7-9,11,14,19H,4-6,10,17H2,1-3H3,(H,18,20). The molecular formula is C16H26N2O3. The van der Waals surface area contributed by atoms with Gasteiger partial charge in [-0.15, -0.1) is 0 Å². The van der Waals surface area contributed by atoms with Gasteiger partial charge < -0.3 is 20.9 Å². The summed E-state index contributed by atoms with van der Waals surface area (Å²) in [6, 6.07) is 4.94. The van der Waals surface area contributed by atoms with Crippen LogP contribution in [0.1, 0.15) is 44.0 Å². The zero-order valence-corrected chi connectivity index (χ0v) is 13.1. The largest absolute Gasteiger partial charge is 0.492 e. The van der Waals surface area contributed by atoms with E-state index in [0.717, 1.165) is 12.8 Å². The van der Waals surface area contributed by atoms with Gasteiger partial charge >= 0.3 is 0 Å². The lowest BCUT2D eigenvalue weighted by Crippen LogP contribution is -2.36. The van der Waals surface area contributed by atoms with E-state index in [2.05, 4.69) is 5.32 Å². The zero-order valence-electron chi connectivity index (χ0n) is 13.1. The minimum atomic E-state index is -0.524. The zero-order chi connectivity index (χ0) is 15.8. The van der Waals surface area contributed by atoms with Crippen LogP contribution in [0.25, 0.3) is 0 Å². The van der Waals surface area contributed by atoms with Crippen molar-refractivity contribution in [3.63, 3.8) is 0 Å². The first-order valence-electron chi connectivity index (χ1n) is 7.51. The van der Waals surface area contributed by atoms with E-state index in [0.29, 0.717) is 23.6 Å². The molecule has 1 atom stereocenters. The van der Waals surface area contributed by atoms with Crippen LogP contribution < -0.4 is 15.8 Å². The predicted molar refractivity (Wildman–Crippen MR) is 84.4 cm³/mol. The van der Waals surface area contributed by atoms with Crippen LogP contribution in [0.4, 0.5) is 5.69 Å². The number of carbonyl (C=O) groups excluding carboxylic acids is 1. The van der Waals surface area contributed by atoms with Gasteiger partial charge in [-0.3, -0.25) is 4.79 Å². The Morgan fingerprint density at radius 3 is 2.52 bits per heavy atom. The molecule has 5 nitrogen and oxygen atoms in total. The second kappa shape index (κ2) is 8.52. The first kappa shape index (κ1) is 17.3. The topological polar surface area (TPSA) is 84.6 Å². The Balaban J connectivity index is 2.62. The molecule has 1 rings (SSSR count). The quantitative estimate of drug-likeness (QED) is 0.642. The third kappa shape index (κ3) is 4.93. The smallest absolute Gasteiger partial charge is 0.251 e. The monoisotopic (exact) mass is 294 g/mol. The molecule has 1 aromatic rings. The minimum Gasteiger partial charge on any atom is -0.492 e. The van der Waals surface area contributed by atoms with Crippen LogP contribution in [0.3, 0.4) is 0 Å². The number of nitrogens with one attached hydrogen (secondary N) is 1. The number of anilines is 1. The van der Waals surface area contributed by atoms with E-state index in [1.54, 1.807) is 18.2 Å². The fraction of sp³-hybridized carbons (Fsp3) is 0.562. The number of hydrogen-bond donors (Lipinski definition) is 3. The number of benzene rings is 1. The summed E-state index contributed by atoms with van der Waals surface area (Å²) >= 11 is 0. The van der Waals surface area contributed by atoms with Gasteiger partial charge in [-0.25, -0.2) is 0 Å². The highest BCUT2D eigenvalue weighted by molar-refractivity contribution is 5.95. The first-order valence-corrected chi connectivity index (χ1v) is 7.51. The summed E-state index contributed by atoms with van der Waals surface area (Å²) in [5.41, 5.74) is 6.74. The third-order valence-electron chi connectivity index (χ3n) is 3.64. The van der Waals surface area contributed by atoms with Crippen LogP contribution in [0.2, 0.25) is 0 Å². The Labute approximate surface area is 126 Å². The van der Waals surface area contributed by atoms with Gasteiger partial charge in [0.15, 0.2) is 0 Å². The van der Waals surface area contributed by atoms with Crippen molar-refractivity contribution in [3.8, 4) is 5.75 Å². The average Bonchev–Trinajstić information content (AvgIpc) is 2.48. The molecule has 5 heteroatoms. The second-order valence-corrected chi connectivity index (χ2v) is 5.04. The minimum absolute atomic E-state index is 0.204. The fourth-order valence-electron chi connectivity index (χ4n) is 2.28. The summed E-state index contributed by atoms with van der Waals surface area (Å²) in [5.74, 6) is 0.538. The highest BCUT2D eigenvalue weighted by atomic mass is 16.5. The van der Waals surface area contributed by atoms with E-state index < -0.39 is 6.10 Å². The van der Waals surface area contributed by atoms with Crippen LogP contribution >= 0.6 is 0 Å². The second-order valence-electron chi connectivity index (χ2n) is 5.04. The number of nitrogens with two attached hydrogens (primary N) is 1. The highest BCUT2D eigenvalue weighted by Gasteiger charge is 2.17. The Kier molecular flexibility index (Phi) is 7.02. The summed E-state index contributed by atoms with van der Waals surface area (Å²) in [7, 11) is 0. The number of hydrogen-bond acceptors (Lipinski definition) is 4. The maximum absolute atomic E-state index is 12.1. The summed E-state index contributed by atoms with van der Waals surface area (Å²) < 4.78 is 5.33. The lowest BCUT2D eigenvalue weighted by molar-refractivity contribution is 0.0816. The molecule has 0 fully saturated rings. The Hall–Kier alpha value is -1.75. The van der Waals surface area contributed by atoms with Crippen molar-refractivity contribution in [2.24, 2.45) is 5.92 Å². The van der Waals surface area contributed by atoms with Gasteiger partial charge in [0.2, 0.25) is 0 Å². The van der Waals surface area contributed by atoms with Crippen LogP contribution in [0, 0.1) is 5.92 Å². The van der Waals surface area contributed by atoms with Crippen molar-refractivity contribution in [1.29, 1.82) is 0 Å². The van der Waals surface area contributed by atoms with Gasteiger partial charge in [0.25, 0.3) is 5.91 Å². The van der Waals surface area contributed by atoms with Crippen molar-refractivity contribution >= 4 is 11.6 Å². The SMILES string of the molecule is CCOc1ccc(C(=O)NCC(O)C(CC)CC)cc1N. The van der Waals surface area contributed by atoms with Crippen molar-refractivity contribution < 1.29 is 14.6 Å². The molecule has 0 bridgehead atoms. The Morgan fingerprint density at radius 1 is 1.33 bits per heavy atom. The van der Waals surface area contributed by atoms with E-state index in [-0.39, 0.29) is 18.4 Å². The number of carbonyl (C=O) groups is 1. The fourth-order valence-corrected chi connectivity index (χ4v) is 2.28. The van der Waals surface area contributed by atoms with Crippen molar-refractivity contribution in [2.45, 2.75) is 39.7 Å². The Morgan fingerprint density at radius 2 is 2.00 bits per heavy atom. The van der Waals surface area contributed by atoms with Crippen molar-refractivity contribution in [1.82, 2.24) is 5.32 Å². The third-order valence-corrected chi connectivity index (χ3v) is 3.64. The molecule has 0 heterocycles. The molecule has 1 amide bonds. The molecule has 1 aromatic carbocycles. The summed E-state index contributed by atoms with van der Waals surface area (Å²) in [5, 5.41) is 12.8. The molecule has 21 heavy (non-hydrogen) atoms. The number of nitrogen functional groups attached to an aromatic ring is 1. The first-order chi connectivity index (χ1) is 10.0. The van der Waals surface area contributed by atoms with E-state index in [9.17, 15) is 9.90 Å². The van der Waals surface area contributed by atoms with E-state index in [4.69, 9.17) is 10.5 Å². The molecule has 1 unspecified atom stereocenters. The molecule has 0 spiro atoms. The van der Waals surface area contributed by atoms with Gasteiger partial charge in [-0.05, 0) is 31.0 Å². The Bertz CT molecular complexity index is 459. The molecule has 0 aliphatic rings. The number of ether oxygens (including phenoxy) is 1. The van der Waals surface area contributed by atoms with Crippen LogP contribution in [-0.4, -0.2) is 30.3 Å². The van der Waals surface area contributed by atoms with Gasteiger partial charge in [-0.1, -0.05) is 26.7 Å². The molecule has 0 saturated heterocycles. The summed E-state index contributed by atoms with van der Waals surface area (Å²) in [4.78, 5) is 12.1. The van der Waals surface area contributed by atoms with Crippen LogP contribution in [-0.2, 0) is 0 Å². The molecular weight excluding hydrogens is 268 g/mol. The van der Waals surface area contributed by atoms with E-state index in [1.165, 1.54) is 0 Å². The van der Waals surface area contributed by atoms with Crippen LogP contribution in [0.5, 0.6) is 5.75 Å². The number of rotatable bonds is 8. The average molecular weight is 294 g/mol. The summed E-state index contributed by atoms with van der Waals surface area (Å²) in [6.07, 6.45) is 1.26. The molecule has 0 saturated carbocycles. The van der Waals surface area contributed by atoms with Crippen molar-refractivity contribution in [2.75, 3.05) is 18.9 Å². The highest BCUT2D eigenvalue weighted by Crippen LogP contribution is 2.22. The number of amides is 1. The van der Waals surface area contributed by atoms with Crippen LogP contribution in [0.15, 0.2) is 18.2 Å². The van der Waals surface area contributed by atoms with Gasteiger partial charge in [-0.2, -0.15) is 0 Å². The molecule has 0 radical (unpaired) electrons. The number of aliphatic hydroxyl groups excluding tert-OH is 1. The van der Waals surface area contributed by atoms with Crippen molar-refractivity contribution in [3.05, 3.63) is 23.8 Å².